The molecule has 0 unspecified atom stereocenters. The molecule has 1 N–H and O–H groups in total. The minimum Gasteiger partial charge on any atom is -0.356 e. The highest BCUT2D eigenvalue weighted by Crippen LogP contribution is 2.19. The van der Waals surface area contributed by atoms with Crippen molar-refractivity contribution in [2.24, 2.45) is 0 Å². The molecule has 1 heterocycles. The summed E-state index contributed by atoms with van der Waals surface area (Å²) >= 11 is 3.39. The third-order valence-electron chi connectivity index (χ3n) is 3.24. The molecule has 1 aromatic heterocycles. The van der Waals surface area contributed by atoms with Crippen LogP contribution >= 0.6 is 15.9 Å². The number of nitrogens with one attached hydrogen (secondary N) is 1. The van der Waals surface area contributed by atoms with Crippen LogP contribution in [0.3, 0.4) is 0 Å². The third kappa shape index (κ3) is 5.26. The molecule has 1 amide bonds. The van der Waals surface area contributed by atoms with Gasteiger partial charge in [-0.05, 0) is 30.7 Å². The smallest absolute Gasteiger partial charge is 0.227 e. The molecule has 0 saturated carbocycles. The van der Waals surface area contributed by atoms with E-state index < -0.39 is 0 Å². The summed E-state index contributed by atoms with van der Waals surface area (Å²) in [5.41, 5.74) is 0.891. The summed E-state index contributed by atoms with van der Waals surface area (Å²) < 4.78 is 6.19. The van der Waals surface area contributed by atoms with Crippen LogP contribution in [0.25, 0.3) is 11.4 Å². The number of hydrogen-bond donors (Lipinski definition) is 1. The minimum atomic E-state index is 0.0273. The molecule has 0 aliphatic carbocycles. The van der Waals surface area contributed by atoms with Crippen LogP contribution < -0.4 is 5.32 Å². The van der Waals surface area contributed by atoms with Gasteiger partial charge in [0, 0.05) is 29.4 Å². The number of aryl methyl sites for hydroxylation is 1. The highest BCUT2D eigenvalue weighted by atomic mass is 79.9. The van der Waals surface area contributed by atoms with Crippen molar-refractivity contribution in [2.45, 2.75) is 39.0 Å². The monoisotopic (exact) mass is 365 g/mol. The van der Waals surface area contributed by atoms with E-state index in [1.807, 2.05) is 24.3 Å². The molecule has 0 saturated heterocycles. The van der Waals surface area contributed by atoms with Crippen LogP contribution in [-0.2, 0) is 11.2 Å². The molecule has 0 radical (unpaired) electrons. The van der Waals surface area contributed by atoms with E-state index in [4.69, 9.17) is 4.52 Å². The van der Waals surface area contributed by atoms with E-state index in [1.165, 1.54) is 0 Å². The maximum absolute atomic E-state index is 11.7. The average Bonchev–Trinajstić information content (AvgIpc) is 2.99. The van der Waals surface area contributed by atoms with Crippen LogP contribution in [0.2, 0.25) is 0 Å². The molecule has 0 spiro atoms. The quantitative estimate of drug-likeness (QED) is 0.723. The van der Waals surface area contributed by atoms with E-state index in [9.17, 15) is 4.79 Å². The van der Waals surface area contributed by atoms with Crippen molar-refractivity contribution in [2.75, 3.05) is 6.54 Å². The van der Waals surface area contributed by atoms with Gasteiger partial charge in [-0.15, -0.1) is 0 Å². The molecule has 0 aliphatic heterocycles. The van der Waals surface area contributed by atoms with Crippen LogP contribution in [0.5, 0.6) is 0 Å². The highest BCUT2D eigenvalue weighted by molar-refractivity contribution is 9.10. The van der Waals surface area contributed by atoms with Gasteiger partial charge >= 0.3 is 0 Å². The summed E-state index contributed by atoms with van der Waals surface area (Å²) in [5.74, 6) is 1.06. The first-order valence-electron chi connectivity index (χ1n) is 7.54. The van der Waals surface area contributed by atoms with Crippen molar-refractivity contribution in [1.29, 1.82) is 0 Å². The van der Waals surface area contributed by atoms with Crippen LogP contribution in [-0.4, -0.2) is 22.6 Å². The summed E-state index contributed by atoms with van der Waals surface area (Å²) in [4.78, 5) is 16.0. The molecule has 2 rings (SSSR count). The largest absolute Gasteiger partial charge is 0.356 e. The zero-order valence-corrected chi connectivity index (χ0v) is 14.2. The normalized spacial score (nSPS) is 10.6. The summed E-state index contributed by atoms with van der Waals surface area (Å²) in [6.45, 7) is 2.88. The van der Waals surface area contributed by atoms with Gasteiger partial charge in [-0.2, -0.15) is 4.98 Å². The zero-order valence-electron chi connectivity index (χ0n) is 12.6. The Labute approximate surface area is 138 Å². The lowest BCUT2D eigenvalue weighted by molar-refractivity contribution is -0.121. The third-order valence-corrected chi connectivity index (χ3v) is 3.77. The van der Waals surface area contributed by atoms with Crippen LogP contribution in [0.1, 0.15) is 38.5 Å². The van der Waals surface area contributed by atoms with Crippen LogP contribution in [0.4, 0.5) is 0 Å². The van der Waals surface area contributed by atoms with E-state index in [1.54, 1.807) is 0 Å². The number of rotatable bonds is 8. The number of amides is 1. The second-order valence-electron chi connectivity index (χ2n) is 5.08. The van der Waals surface area contributed by atoms with E-state index >= 15 is 0 Å². The Morgan fingerprint density at radius 2 is 2.05 bits per heavy atom. The number of carbonyl (C=O) groups is 1. The van der Waals surface area contributed by atoms with Gasteiger partial charge in [-0.25, -0.2) is 0 Å². The van der Waals surface area contributed by atoms with E-state index in [0.29, 0.717) is 24.6 Å². The Hall–Kier alpha value is -1.69. The summed E-state index contributed by atoms with van der Waals surface area (Å²) in [6.07, 6.45) is 4.14. The van der Waals surface area contributed by atoms with Gasteiger partial charge in [0.1, 0.15) is 0 Å². The fourth-order valence-electron chi connectivity index (χ4n) is 1.98. The SMILES string of the molecule is CCCCCNC(=O)CCc1nc(-c2ccc(Br)cc2)no1. The maximum Gasteiger partial charge on any atom is 0.227 e. The lowest BCUT2D eigenvalue weighted by atomic mass is 10.2. The van der Waals surface area contributed by atoms with Crippen molar-refractivity contribution in [3.63, 3.8) is 0 Å². The van der Waals surface area contributed by atoms with Crippen molar-refractivity contribution in [1.82, 2.24) is 15.5 Å². The van der Waals surface area contributed by atoms with Gasteiger partial charge in [-0.1, -0.05) is 40.9 Å². The molecular formula is C16H20BrN3O2. The predicted octanol–water partition coefficient (Wildman–Crippen LogP) is 3.74. The Balaban J connectivity index is 1.79. The molecule has 0 fully saturated rings. The van der Waals surface area contributed by atoms with Crippen LogP contribution in [0.15, 0.2) is 33.3 Å². The second kappa shape index (κ2) is 8.68. The molecule has 118 valence electrons. The van der Waals surface area contributed by atoms with E-state index in [2.05, 4.69) is 38.3 Å². The number of carbonyl (C=O) groups excluding carboxylic acids is 1. The summed E-state index contributed by atoms with van der Waals surface area (Å²) in [6, 6.07) is 7.68. The Bertz CT molecular complexity index is 596. The average molecular weight is 366 g/mol. The highest BCUT2D eigenvalue weighted by Gasteiger charge is 2.10. The van der Waals surface area contributed by atoms with Gasteiger partial charge < -0.3 is 9.84 Å². The number of nitrogens with zero attached hydrogens (tertiary/aromatic N) is 2. The van der Waals surface area contributed by atoms with Crippen molar-refractivity contribution in [3.05, 3.63) is 34.6 Å². The standard InChI is InChI=1S/C16H20BrN3O2/c1-2-3-4-11-18-14(21)9-10-15-19-16(20-22-15)12-5-7-13(17)8-6-12/h5-8H,2-4,9-11H2,1H3,(H,18,21). The molecule has 1 aromatic carbocycles. The molecule has 2 aromatic rings. The molecule has 0 aliphatic rings. The maximum atomic E-state index is 11.7. The number of hydrogen-bond acceptors (Lipinski definition) is 4. The van der Waals surface area contributed by atoms with Gasteiger partial charge in [0.05, 0.1) is 0 Å². The van der Waals surface area contributed by atoms with Gasteiger partial charge in [0.15, 0.2) is 0 Å². The summed E-state index contributed by atoms with van der Waals surface area (Å²) in [5, 5.41) is 6.85. The Morgan fingerprint density at radius 1 is 1.27 bits per heavy atom. The van der Waals surface area contributed by atoms with Gasteiger partial charge in [0.25, 0.3) is 0 Å². The van der Waals surface area contributed by atoms with Crippen molar-refractivity contribution in [3.8, 4) is 11.4 Å². The first-order valence-corrected chi connectivity index (χ1v) is 8.33. The zero-order chi connectivity index (χ0) is 15.8. The lowest BCUT2D eigenvalue weighted by Crippen LogP contribution is -2.24. The Kier molecular flexibility index (Phi) is 6.58. The number of aromatic nitrogens is 2. The molecule has 5 nitrogen and oxygen atoms in total. The van der Waals surface area contributed by atoms with Gasteiger partial charge in [0.2, 0.25) is 17.6 Å². The molecule has 0 bridgehead atoms. The Morgan fingerprint density at radius 3 is 2.77 bits per heavy atom. The topological polar surface area (TPSA) is 68.0 Å². The van der Waals surface area contributed by atoms with Crippen molar-refractivity contribution < 1.29 is 9.32 Å². The summed E-state index contributed by atoms with van der Waals surface area (Å²) in [7, 11) is 0. The van der Waals surface area contributed by atoms with Crippen molar-refractivity contribution >= 4 is 21.8 Å². The number of halogens is 1. The molecule has 22 heavy (non-hydrogen) atoms. The first-order chi connectivity index (χ1) is 10.7. The molecule has 6 heteroatoms. The van der Waals surface area contributed by atoms with Gasteiger partial charge in [-0.3, -0.25) is 4.79 Å². The molecule has 0 atom stereocenters. The minimum absolute atomic E-state index is 0.0273. The van der Waals surface area contributed by atoms with E-state index in [-0.39, 0.29) is 5.91 Å². The number of benzene rings is 1. The van der Waals surface area contributed by atoms with E-state index in [0.717, 1.165) is 35.8 Å². The predicted molar refractivity (Wildman–Crippen MR) is 88.3 cm³/mol. The fourth-order valence-corrected chi connectivity index (χ4v) is 2.25. The first kappa shape index (κ1) is 16.7. The number of unbranched alkanes of at least 4 members (excludes halogenated alkanes) is 2. The van der Waals surface area contributed by atoms with Crippen LogP contribution in [0, 0.1) is 0 Å². The fraction of sp³-hybridized carbons (Fsp3) is 0.438. The lowest BCUT2D eigenvalue weighted by Gasteiger charge is -2.02. The molecular weight excluding hydrogens is 346 g/mol. The second-order valence-corrected chi connectivity index (χ2v) is 5.99.